The van der Waals surface area contributed by atoms with Crippen molar-refractivity contribution < 1.29 is 0 Å². The maximum absolute atomic E-state index is 6.10. The van der Waals surface area contributed by atoms with Crippen molar-refractivity contribution in [1.29, 1.82) is 0 Å². The van der Waals surface area contributed by atoms with Crippen LogP contribution in [0.1, 0.15) is 16.8 Å². The summed E-state index contributed by atoms with van der Waals surface area (Å²) in [5.41, 5.74) is 4.32. The summed E-state index contributed by atoms with van der Waals surface area (Å²) in [5, 5.41) is 0.522. The quantitative estimate of drug-likeness (QED) is 0.560. The van der Waals surface area contributed by atoms with E-state index >= 15 is 0 Å². The van der Waals surface area contributed by atoms with Gasteiger partial charge in [-0.3, -0.25) is 0 Å². The van der Waals surface area contributed by atoms with Crippen molar-refractivity contribution in [3.8, 4) is 11.4 Å². The van der Waals surface area contributed by atoms with Crippen LogP contribution >= 0.6 is 34.2 Å². The van der Waals surface area contributed by atoms with Gasteiger partial charge < -0.3 is 0 Å². The van der Waals surface area contributed by atoms with E-state index in [2.05, 4.69) is 64.6 Å². The lowest BCUT2D eigenvalue weighted by Gasteiger charge is -2.08. The van der Waals surface area contributed by atoms with E-state index < -0.39 is 0 Å². The standard InChI is InChI=1S/C13H12ClIN2/c1-7-4-5-8(2)10(6-7)13-16-9(3)11(15)12(14)17-13/h4-6H,1-3H3. The molecule has 0 aliphatic heterocycles. The van der Waals surface area contributed by atoms with Gasteiger partial charge in [-0.1, -0.05) is 29.3 Å². The van der Waals surface area contributed by atoms with Crippen LogP contribution in [0, 0.1) is 24.3 Å². The first kappa shape index (κ1) is 12.8. The minimum absolute atomic E-state index is 0.522. The third kappa shape index (κ3) is 2.60. The van der Waals surface area contributed by atoms with Gasteiger partial charge in [-0.05, 0) is 55.0 Å². The zero-order valence-electron chi connectivity index (χ0n) is 9.88. The van der Waals surface area contributed by atoms with Gasteiger partial charge in [0.05, 0.1) is 9.26 Å². The van der Waals surface area contributed by atoms with Crippen LogP contribution in [0.25, 0.3) is 11.4 Å². The largest absolute Gasteiger partial charge is 0.232 e. The van der Waals surface area contributed by atoms with E-state index in [4.69, 9.17) is 11.6 Å². The second-order valence-electron chi connectivity index (χ2n) is 4.06. The van der Waals surface area contributed by atoms with Crippen molar-refractivity contribution >= 4 is 34.2 Å². The molecule has 0 radical (unpaired) electrons. The maximum atomic E-state index is 6.10. The summed E-state index contributed by atoms with van der Waals surface area (Å²) >= 11 is 8.27. The molecule has 2 rings (SSSR count). The Labute approximate surface area is 120 Å². The zero-order valence-corrected chi connectivity index (χ0v) is 12.8. The van der Waals surface area contributed by atoms with E-state index in [0.717, 1.165) is 20.4 Å². The van der Waals surface area contributed by atoms with Gasteiger partial charge in [0.15, 0.2) is 5.82 Å². The Hall–Kier alpha value is -0.680. The topological polar surface area (TPSA) is 25.8 Å². The van der Waals surface area contributed by atoms with Crippen LogP contribution in [-0.2, 0) is 0 Å². The number of hydrogen-bond donors (Lipinski definition) is 0. The Kier molecular flexibility index (Phi) is 3.68. The van der Waals surface area contributed by atoms with Crippen LogP contribution in [0.2, 0.25) is 5.15 Å². The van der Waals surface area contributed by atoms with Gasteiger partial charge in [-0.15, -0.1) is 0 Å². The Balaban J connectivity index is 2.64. The van der Waals surface area contributed by atoms with E-state index in [-0.39, 0.29) is 0 Å². The molecule has 88 valence electrons. The van der Waals surface area contributed by atoms with Crippen molar-refractivity contribution in [3.05, 3.63) is 43.7 Å². The lowest BCUT2D eigenvalue weighted by atomic mass is 10.1. The molecule has 0 atom stereocenters. The van der Waals surface area contributed by atoms with Crippen molar-refractivity contribution in [2.75, 3.05) is 0 Å². The van der Waals surface area contributed by atoms with Crippen LogP contribution in [-0.4, -0.2) is 9.97 Å². The van der Waals surface area contributed by atoms with E-state index in [1.807, 2.05) is 6.92 Å². The highest BCUT2D eigenvalue weighted by Crippen LogP contribution is 2.26. The number of benzene rings is 1. The molecule has 0 fully saturated rings. The van der Waals surface area contributed by atoms with E-state index in [1.165, 1.54) is 5.56 Å². The van der Waals surface area contributed by atoms with Gasteiger partial charge in [-0.25, -0.2) is 9.97 Å². The molecule has 4 heteroatoms. The molecule has 0 saturated carbocycles. The highest BCUT2D eigenvalue weighted by atomic mass is 127. The fraction of sp³-hybridized carbons (Fsp3) is 0.231. The summed E-state index contributed by atoms with van der Waals surface area (Å²) in [6.07, 6.45) is 0. The predicted octanol–water partition coefficient (Wildman–Crippen LogP) is 4.33. The molecule has 1 aromatic heterocycles. The minimum atomic E-state index is 0.522. The molecule has 0 bridgehead atoms. The number of hydrogen-bond acceptors (Lipinski definition) is 2. The third-order valence-corrected chi connectivity index (χ3v) is 4.49. The smallest absolute Gasteiger partial charge is 0.161 e. The summed E-state index contributed by atoms with van der Waals surface area (Å²) < 4.78 is 0.915. The molecule has 2 aromatic rings. The monoisotopic (exact) mass is 358 g/mol. The number of nitrogens with zero attached hydrogens (tertiary/aromatic N) is 2. The minimum Gasteiger partial charge on any atom is -0.232 e. The fourth-order valence-corrected chi connectivity index (χ4v) is 2.08. The Bertz CT molecular complexity index is 559. The van der Waals surface area contributed by atoms with Crippen LogP contribution in [0.5, 0.6) is 0 Å². The molecule has 0 amide bonds. The van der Waals surface area contributed by atoms with Crippen LogP contribution in [0.3, 0.4) is 0 Å². The SMILES string of the molecule is Cc1ccc(C)c(-c2nc(C)c(I)c(Cl)n2)c1. The van der Waals surface area contributed by atoms with Crippen molar-refractivity contribution in [1.82, 2.24) is 9.97 Å². The average molecular weight is 359 g/mol. The van der Waals surface area contributed by atoms with Crippen LogP contribution in [0.4, 0.5) is 0 Å². The molecule has 0 saturated heterocycles. The fourth-order valence-electron chi connectivity index (χ4n) is 1.62. The maximum Gasteiger partial charge on any atom is 0.161 e. The summed E-state index contributed by atoms with van der Waals surface area (Å²) in [4.78, 5) is 8.86. The van der Waals surface area contributed by atoms with E-state index in [0.29, 0.717) is 11.0 Å². The number of aromatic nitrogens is 2. The van der Waals surface area contributed by atoms with Crippen molar-refractivity contribution in [2.24, 2.45) is 0 Å². The predicted molar refractivity (Wildman–Crippen MR) is 79.4 cm³/mol. The Morgan fingerprint density at radius 2 is 1.82 bits per heavy atom. The second kappa shape index (κ2) is 4.90. The normalized spacial score (nSPS) is 10.6. The molecule has 0 aliphatic rings. The lowest BCUT2D eigenvalue weighted by molar-refractivity contribution is 1.09. The molecule has 0 aliphatic carbocycles. The molecule has 1 heterocycles. The van der Waals surface area contributed by atoms with Gasteiger partial charge in [0.1, 0.15) is 5.15 Å². The van der Waals surface area contributed by atoms with Crippen LogP contribution < -0.4 is 0 Å². The average Bonchev–Trinajstić information content (AvgIpc) is 2.28. The van der Waals surface area contributed by atoms with Gasteiger partial charge >= 0.3 is 0 Å². The van der Waals surface area contributed by atoms with Gasteiger partial charge in [0, 0.05) is 5.56 Å². The first-order valence-electron chi connectivity index (χ1n) is 5.26. The third-order valence-electron chi connectivity index (χ3n) is 2.61. The number of rotatable bonds is 1. The summed E-state index contributed by atoms with van der Waals surface area (Å²) in [6.45, 7) is 6.06. The van der Waals surface area contributed by atoms with Crippen molar-refractivity contribution in [2.45, 2.75) is 20.8 Å². The first-order valence-corrected chi connectivity index (χ1v) is 6.72. The lowest BCUT2D eigenvalue weighted by Crippen LogP contribution is -1.98. The number of halogens is 2. The molecule has 2 nitrogen and oxygen atoms in total. The van der Waals surface area contributed by atoms with Crippen molar-refractivity contribution in [3.63, 3.8) is 0 Å². The molecular weight excluding hydrogens is 347 g/mol. The second-order valence-corrected chi connectivity index (χ2v) is 5.49. The Morgan fingerprint density at radius 1 is 1.12 bits per heavy atom. The van der Waals surface area contributed by atoms with Gasteiger partial charge in [0.2, 0.25) is 0 Å². The molecule has 17 heavy (non-hydrogen) atoms. The summed E-state index contributed by atoms with van der Waals surface area (Å²) in [6, 6.07) is 6.25. The van der Waals surface area contributed by atoms with Gasteiger partial charge in [0.25, 0.3) is 0 Å². The first-order chi connectivity index (χ1) is 7.99. The Morgan fingerprint density at radius 3 is 2.47 bits per heavy atom. The highest BCUT2D eigenvalue weighted by molar-refractivity contribution is 14.1. The van der Waals surface area contributed by atoms with Crippen LogP contribution in [0.15, 0.2) is 18.2 Å². The summed E-state index contributed by atoms with van der Waals surface area (Å²) in [5.74, 6) is 0.703. The zero-order chi connectivity index (χ0) is 12.6. The summed E-state index contributed by atoms with van der Waals surface area (Å²) in [7, 11) is 0. The van der Waals surface area contributed by atoms with E-state index in [1.54, 1.807) is 0 Å². The molecular formula is C13H12ClIN2. The molecule has 0 unspecified atom stereocenters. The highest BCUT2D eigenvalue weighted by Gasteiger charge is 2.10. The molecule has 1 aromatic carbocycles. The van der Waals surface area contributed by atoms with Gasteiger partial charge in [-0.2, -0.15) is 0 Å². The molecule has 0 spiro atoms. The van der Waals surface area contributed by atoms with E-state index in [9.17, 15) is 0 Å². The molecule has 0 N–H and O–H groups in total. The number of aryl methyl sites for hydroxylation is 3.